The number of pyridine rings is 1. The van der Waals surface area contributed by atoms with E-state index in [1.54, 1.807) is 18.3 Å². The third kappa shape index (κ3) is 3.26. The van der Waals surface area contributed by atoms with Gasteiger partial charge in [-0.1, -0.05) is 6.07 Å². The summed E-state index contributed by atoms with van der Waals surface area (Å²) in [5, 5.41) is 19.2. The third-order valence-electron chi connectivity index (χ3n) is 1.88. The smallest absolute Gasteiger partial charge is 0.220 e. The number of hydrogen-bond donors (Lipinski definition) is 3. The molecule has 2 atom stereocenters. The van der Waals surface area contributed by atoms with E-state index in [-0.39, 0.29) is 6.42 Å². The van der Waals surface area contributed by atoms with Crippen molar-refractivity contribution in [3.63, 3.8) is 0 Å². The molecule has 0 aliphatic carbocycles. The summed E-state index contributed by atoms with van der Waals surface area (Å²) >= 11 is 3.13. The van der Waals surface area contributed by atoms with E-state index in [0.717, 1.165) is 0 Å². The lowest BCUT2D eigenvalue weighted by atomic mass is 10.0. The maximum absolute atomic E-state index is 10.6. The molecule has 1 rings (SSSR count). The van der Waals surface area contributed by atoms with Crippen LogP contribution in [0.25, 0.3) is 0 Å². The van der Waals surface area contributed by atoms with Crippen LogP contribution in [-0.4, -0.2) is 27.2 Å². The number of rotatable bonds is 4. The summed E-state index contributed by atoms with van der Waals surface area (Å²) in [6.45, 7) is 0. The Balaban J connectivity index is 2.80. The number of nitrogens with zero attached hydrogens (tertiary/aromatic N) is 1. The van der Waals surface area contributed by atoms with Crippen molar-refractivity contribution in [2.24, 2.45) is 5.73 Å². The molecule has 6 heteroatoms. The molecule has 0 aliphatic rings. The Morgan fingerprint density at radius 3 is 2.80 bits per heavy atom. The second kappa shape index (κ2) is 5.20. The fraction of sp³-hybridized carbons (Fsp3) is 0.333. The molecule has 1 aromatic rings. The van der Waals surface area contributed by atoms with Gasteiger partial charge in [0.25, 0.3) is 0 Å². The zero-order chi connectivity index (χ0) is 11.4. The van der Waals surface area contributed by atoms with Crippen LogP contribution in [0.5, 0.6) is 0 Å². The highest BCUT2D eigenvalue weighted by molar-refractivity contribution is 9.10. The fourth-order valence-electron chi connectivity index (χ4n) is 1.14. The molecule has 15 heavy (non-hydrogen) atoms. The van der Waals surface area contributed by atoms with Gasteiger partial charge < -0.3 is 15.9 Å². The quantitative estimate of drug-likeness (QED) is 0.680. The summed E-state index contributed by atoms with van der Waals surface area (Å²) in [7, 11) is 0. The molecule has 4 N–H and O–H groups in total. The molecule has 0 aliphatic heterocycles. The van der Waals surface area contributed by atoms with Crippen molar-refractivity contribution >= 4 is 21.8 Å². The molecule has 5 nitrogen and oxygen atoms in total. The van der Waals surface area contributed by atoms with Gasteiger partial charge in [0, 0.05) is 11.8 Å². The summed E-state index contributed by atoms with van der Waals surface area (Å²) < 4.78 is 0.432. The van der Waals surface area contributed by atoms with E-state index in [1.165, 1.54) is 0 Å². The number of aromatic nitrogens is 1. The number of hydrogen-bond acceptors (Lipinski definition) is 4. The standard InChI is InChI=1S/C9H11BrN2O3/c10-9-5(2-1-3-12-9)8(15)6(13)4-7(11)14/h1-3,6,8,13,15H,4H2,(H2,11,14). The van der Waals surface area contributed by atoms with E-state index in [0.29, 0.717) is 10.2 Å². The zero-order valence-electron chi connectivity index (χ0n) is 7.80. The van der Waals surface area contributed by atoms with E-state index < -0.39 is 18.1 Å². The minimum absolute atomic E-state index is 0.289. The Kier molecular flexibility index (Phi) is 4.19. The Hall–Kier alpha value is -0.980. The minimum atomic E-state index is -1.22. The van der Waals surface area contributed by atoms with E-state index in [1.807, 2.05) is 0 Å². The van der Waals surface area contributed by atoms with Crippen LogP contribution in [0.3, 0.4) is 0 Å². The second-order valence-corrected chi connectivity index (χ2v) is 3.82. The molecule has 0 spiro atoms. The molecular weight excluding hydrogens is 264 g/mol. The first kappa shape index (κ1) is 12.1. The predicted molar refractivity (Wildman–Crippen MR) is 56.7 cm³/mol. The molecule has 0 fully saturated rings. The number of carbonyl (C=O) groups is 1. The highest BCUT2D eigenvalue weighted by atomic mass is 79.9. The van der Waals surface area contributed by atoms with Crippen LogP contribution < -0.4 is 5.73 Å². The van der Waals surface area contributed by atoms with E-state index >= 15 is 0 Å². The Labute approximate surface area is 95.1 Å². The number of aliphatic hydroxyl groups excluding tert-OH is 2. The van der Waals surface area contributed by atoms with Crippen LogP contribution in [-0.2, 0) is 4.79 Å². The lowest BCUT2D eigenvalue weighted by Gasteiger charge is -2.17. The van der Waals surface area contributed by atoms with E-state index in [4.69, 9.17) is 5.73 Å². The first-order valence-corrected chi connectivity index (χ1v) is 5.06. The maximum Gasteiger partial charge on any atom is 0.220 e. The second-order valence-electron chi connectivity index (χ2n) is 3.07. The van der Waals surface area contributed by atoms with Crippen molar-refractivity contribution in [2.75, 3.05) is 0 Å². The summed E-state index contributed by atoms with van der Waals surface area (Å²) in [6.07, 6.45) is -1.15. The number of carbonyl (C=O) groups excluding carboxylic acids is 1. The lowest BCUT2D eigenvalue weighted by Crippen LogP contribution is -2.26. The van der Waals surface area contributed by atoms with Crippen LogP contribution in [0, 0.1) is 0 Å². The van der Waals surface area contributed by atoms with Gasteiger partial charge in [-0.3, -0.25) is 4.79 Å². The molecule has 0 saturated carbocycles. The Morgan fingerprint density at radius 1 is 1.60 bits per heavy atom. The summed E-state index contributed by atoms with van der Waals surface area (Å²) in [5.74, 6) is -0.665. The van der Waals surface area contributed by atoms with Gasteiger partial charge in [0.1, 0.15) is 10.7 Å². The average Bonchev–Trinajstić information content (AvgIpc) is 2.16. The van der Waals surface area contributed by atoms with E-state index in [9.17, 15) is 15.0 Å². The largest absolute Gasteiger partial charge is 0.390 e. The molecule has 2 unspecified atom stereocenters. The summed E-state index contributed by atoms with van der Waals surface area (Å²) in [4.78, 5) is 14.4. The first-order valence-electron chi connectivity index (χ1n) is 4.27. The molecule has 0 bridgehead atoms. The van der Waals surface area contributed by atoms with Crippen LogP contribution in [0.15, 0.2) is 22.9 Å². The van der Waals surface area contributed by atoms with Crippen LogP contribution in [0.1, 0.15) is 18.1 Å². The molecule has 0 saturated heterocycles. The highest BCUT2D eigenvalue weighted by Crippen LogP contribution is 2.24. The van der Waals surface area contributed by atoms with Gasteiger partial charge >= 0.3 is 0 Å². The third-order valence-corrected chi connectivity index (χ3v) is 2.54. The molecule has 1 aromatic heterocycles. The number of halogens is 1. The molecule has 1 heterocycles. The van der Waals surface area contributed by atoms with Crippen molar-refractivity contribution in [2.45, 2.75) is 18.6 Å². The normalized spacial score (nSPS) is 14.6. The van der Waals surface area contributed by atoms with Crippen molar-refractivity contribution in [3.05, 3.63) is 28.5 Å². The van der Waals surface area contributed by atoms with Gasteiger partial charge in [0.2, 0.25) is 5.91 Å². The van der Waals surface area contributed by atoms with Gasteiger partial charge in [-0.2, -0.15) is 0 Å². The Bertz CT molecular complexity index is 359. The van der Waals surface area contributed by atoms with Gasteiger partial charge in [-0.05, 0) is 22.0 Å². The number of primary amides is 1. The summed E-state index contributed by atoms with van der Waals surface area (Å²) in [5.41, 5.74) is 5.33. The van der Waals surface area contributed by atoms with Gasteiger partial charge in [0.15, 0.2) is 0 Å². The zero-order valence-corrected chi connectivity index (χ0v) is 9.39. The van der Waals surface area contributed by atoms with Crippen LogP contribution in [0.4, 0.5) is 0 Å². The van der Waals surface area contributed by atoms with E-state index in [2.05, 4.69) is 20.9 Å². The van der Waals surface area contributed by atoms with Crippen molar-refractivity contribution in [3.8, 4) is 0 Å². The lowest BCUT2D eigenvalue weighted by molar-refractivity contribution is -0.121. The van der Waals surface area contributed by atoms with Crippen molar-refractivity contribution in [1.82, 2.24) is 4.98 Å². The highest BCUT2D eigenvalue weighted by Gasteiger charge is 2.22. The number of amides is 1. The molecule has 0 aromatic carbocycles. The average molecular weight is 275 g/mol. The first-order chi connectivity index (χ1) is 7.02. The maximum atomic E-state index is 10.6. The van der Waals surface area contributed by atoms with Gasteiger partial charge in [-0.15, -0.1) is 0 Å². The van der Waals surface area contributed by atoms with Crippen molar-refractivity contribution < 1.29 is 15.0 Å². The van der Waals surface area contributed by atoms with Crippen molar-refractivity contribution in [1.29, 1.82) is 0 Å². The topological polar surface area (TPSA) is 96.4 Å². The SMILES string of the molecule is NC(=O)CC(O)C(O)c1cccnc1Br. The Morgan fingerprint density at radius 2 is 2.27 bits per heavy atom. The monoisotopic (exact) mass is 274 g/mol. The number of aliphatic hydroxyl groups is 2. The number of nitrogens with two attached hydrogens (primary N) is 1. The van der Waals surface area contributed by atoms with Crippen LogP contribution >= 0.6 is 15.9 Å². The molecule has 82 valence electrons. The van der Waals surface area contributed by atoms with Gasteiger partial charge in [0.05, 0.1) is 12.5 Å². The fourth-order valence-corrected chi connectivity index (χ4v) is 1.63. The molecule has 0 radical (unpaired) electrons. The molecule has 1 amide bonds. The van der Waals surface area contributed by atoms with Gasteiger partial charge in [-0.25, -0.2) is 4.98 Å². The minimum Gasteiger partial charge on any atom is -0.390 e. The van der Waals surface area contributed by atoms with Crippen LogP contribution in [0.2, 0.25) is 0 Å². The summed E-state index contributed by atoms with van der Waals surface area (Å²) in [6, 6.07) is 3.23. The molecular formula is C9H11BrN2O3. The predicted octanol–water partition coefficient (Wildman–Crippen LogP) is 0.114.